The van der Waals surface area contributed by atoms with Crippen molar-refractivity contribution in [3.05, 3.63) is 66.0 Å². The number of thioether (sulfide) groups is 1. The van der Waals surface area contributed by atoms with Crippen LogP contribution in [0, 0.1) is 11.3 Å². The van der Waals surface area contributed by atoms with E-state index in [0.29, 0.717) is 23.3 Å². The number of nitrogens with two attached hydrogens (primary N) is 1. The van der Waals surface area contributed by atoms with Crippen LogP contribution in [0.4, 0.5) is 5.69 Å². The lowest BCUT2D eigenvalue weighted by atomic mass is 9.87. The molecule has 178 valence electrons. The zero-order valence-electron chi connectivity index (χ0n) is 19.9. The molecule has 0 aliphatic carbocycles. The van der Waals surface area contributed by atoms with E-state index in [4.69, 9.17) is 15.8 Å². The average Bonchev–Trinajstić information content (AvgIpc) is 3.17. The van der Waals surface area contributed by atoms with Crippen LogP contribution in [0.1, 0.15) is 45.5 Å². The van der Waals surface area contributed by atoms with Gasteiger partial charge in [0.05, 0.1) is 17.7 Å². The molecule has 0 saturated heterocycles. The van der Waals surface area contributed by atoms with E-state index >= 15 is 0 Å². The molecule has 0 aliphatic heterocycles. The highest BCUT2D eigenvalue weighted by Gasteiger charge is 2.25. The van der Waals surface area contributed by atoms with E-state index in [1.807, 2.05) is 54.6 Å². The van der Waals surface area contributed by atoms with E-state index in [0.717, 1.165) is 5.69 Å². The lowest BCUT2D eigenvalue weighted by Gasteiger charge is -2.24. The van der Waals surface area contributed by atoms with E-state index in [9.17, 15) is 4.79 Å². The second-order valence-corrected chi connectivity index (χ2v) is 10.1. The number of rotatable bonds is 9. The first-order valence-corrected chi connectivity index (χ1v) is 11.9. The Morgan fingerprint density at radius 2 is 1.85 bits per heavy atom. The Morgan fingerprint density at radius 3 is 2.47 bits per heavy atom. The van der Waals surface area contributed by atoms with Crippen LogP contribution in [-0.4, -0.2) is 32.6 Å². The molecule has 1 atom stereocenters. The summed E-state index contributed by atoms with van der Waals surface area (Å²) in [5.74, 6) is 7.22. The molecule has 34 heavy (non-hydrogen) atoms. The van der Waals surface area contributed by atoms with Crippen molar-refractivity contribution in [2.45, 2.75) is 56.5 Å². The smallest absolute Gasteiger partial charge is 0.240 e. The number of hydrogen-bond donors (Lipinski definition) is 1. The number of para-hydroxylation sites is 1. The molecule has 1 amide bonds. The van der Waals surface area contributed by atoms with Crippen LogP contribution in [0.3, 0.4) is 0 Å². The van der Waals surface area contributed by atoms with Gasteiger partial charge in [-0.15, -0.1) is 10.2 Å². The van der Waals surface area contributed by atoms with Crippen molar-refractivity contribution in [2.75, 3.05) is 17.3 Å². The first-order valence-electron chi connectivity index (χ1n) is 11.0. The van der Waals surface area contributed by atoms with Crippen LogP contribution >= 0.6 is 11.8 Å². The second-order valence-electron chi connectivity index (χ2n) is 8.83. The first-order chi connectivity index (χ1) is 16.2. The summed E-state index contributed by atoms with van der Waals surface area (Å²) in [6, 6.07) is 19.3. The maximum Gasteiger partial charge on any atom is 0.240 e. The van der Waals surface area contributed by atoms with Gasteiger partial charge in [0.1, 0.15) is 12.4 Å². The van der Waals surface area contributed by atoms with Crippen LogP contribution in [-0.2, 0) is 16.8 Å². The summed E-state index contributed by atoms with van der Waals surface area (Å²) >= 11 is 1.22. The topological polar surface area (TPSA) is 110 Å². The zero-order valence-corrected chi connectivity index (χ0v) is 20.7. The Balaban J connectivity index is 1.64. The molecular formula is C25H30N6O2S. The van der Waals surface area contributed by atoms with Gasteiger partial charge < -0.3 is 15.5 Å². The number of nitrogen functional groups attached to an aromatic ring is 1. The number of nitriles is 1. The van der Waals surface area contributed by atoms with Crippen molar-refractivity contribution in [1.82, 2.24) is 14.9 Å². The molecule has 2 aromatic carbocycles. The molecule has 0 radical (unpaired) electrons. The average molecular weight is 479 g/mol. The number of aromatic nitrogens is 3. The molecule has 1 aromatic heterocycles. The van der Waals surface area contributed by atoms with Crippen molar-refractivity contribution in [3.8, 4) is 11.8 Å². The molecule has 0 aliphatic rings. The van der Waals surface area contributed by atoms with Crippen molar-refractivity contribution in [1.29, 1.82) is 5.26 Å². The van der Waals surface area contributed by atoms with Crippen LogP contribution in [0.15, 0.2) is 59.8 Å². The second kappa shape index (κ2) is 11.1. The largest absolute Gasteiger partial charge is 0.486 e. The summed E-state index contributed by atoms with van der Waals surface area (Å²) in [6.07, 6.45) is 0.239. The maximum absolute atomic E-state index is 13.2. The van der Waals surface area contributed by atoms with Crippen molar-refractivity contribution in [3.63, 3.8) is 0 Å². The van der Waals surface area contributed by atoms with Crippen LogP contribution in [0.25, 0.3) is 0 Å². The van der Waals surface area contributed by atoms with Crippen molar-refractivity contribution >= 4 is 23.4 Å². The maximum atomic E-state index is 13.2. The molecule has 0 fully saturated rings. The Hall–Kier alpha value is -3.51. The van der Waals surface area contributed by atoms with Gasteiger partial charge in [0.2, 0.25) is 11.1 Å². The molecular weight excluding hydrogens is 448 g/mol. The Morgan fingerprint density at radius 1 is 1.18 bits per heavy atom. The molecule has 0 spiro atoms. The Kier molecular flexibility index (Phi) is 8.18. The SMILES string of the molecule is CC(Sc1nnc(COc2ccc(C(C)(C)C)cc2)n1N)C(=O)N(CCC#N)c1ccccc1. The van der Waals surface area contributed by atoms with Gasteiger partial charge >= 0.3 is 0 Å². The molecule has 0 bridgehead atoms. The Bertz CT molecular complexity index is 1130. The van der Waals surface area contributed by atoms with Crippen LogP contribution in [0.5, 0.6) is 5.75 Å². The summed E-state index contributed by atoms with van der Waals surface area (Å²) in [4.78, 5) is 14.8. The van der Waals surface area contributed by atoms with E-state index in [1.54, 1.807) is 11.8 Å². The molecule has 1 unspecified atom stereocenters. The quantitative estimate of drug-likeness (QED) is 0.361. The summed E-state index contributed by atoms with van der Waals surface area (Å²) < 4.78 is 7.18. The fourth-order valence-electron chi connectivity index (χ4n) is 3.25. The minimum absolute atomic E-state index is 0.0704. The number of anilines is 1. The number of hydrogen-bond acceptors (Lipinski definition) is 7. The van der Waals surface area contributed by atoms with Gasteiger partial charge in [-0.1, -0.05) is 62.9 Å². The molecule has 9 heteroatoms. The minimum Gasteiger partial charge on any atom is -0.486 e. The highest BCUT2D eigenvalue weighted by Crippen LogP contribution is 2.26. The highest BCUT2D eigenvalue weighted by molar-refractivity contribution is 8.00. The number of nitrogens with zero attached hydrogens (tertiary/aromatic N) is 5. The lowest BCUT2D eigenvalue weighted by Crippen LogP contribution is -2.37. The number of amides is 1. The predicted molar refractivity (Wildman–Crippen MR) is 134 cm³/mol. The predicted octanol–water partition coefficient (Wildman–Crippen LogP) is 4.30. The third-order valence-electron chi connectivity index (χ3n) is 5.23. The molecule has 0 saturated carbocycles. The standard InChI is InChI=1S/C25H30N6O2S/c1-18(23(32)30(16-8-15-26)20-9-6-5-7-10-20)34-24-29-28-22(31(24)27)17-33-21-13-11-19(12-14-21)25(2,3)4/h5-7,9-14,18H,8,16-17,27H2,1-4H3. The molecule has 2 N–H and O–H groups in total. The van der Waals surface area contributed by atoms with E-state index in [1.165, 1.54) is 22.0 Å². The van der Waals surface area contributed by atoms with E-state index < -0.39 is 5.25 Å². The number of ether oxygens (including phenoxy) is 1. The van der Waals surface area contributed by atoms with Gasteiger partial charge in [-0.05, 0) is 42.2 Å². The first kappa shape index (κ1) is 25.1. The normalized spacial score (nSPS) is 12.1. The van der Waals surface area contributed by atoms with Crippen molar-refractivity contribution < 1.29 is 9.53 Å². The fourth-order valence-corrected chi connectivity index (χ4v) is 4.10. The fraction of sp³-hybridized carbons (Fsp3) is 0.360. The van der Waals surface area contributed by atoms with Gasteiger partial charge in [-0.2, -0.15) is 5.26 Å². The third-order valence-corrected chi connectivity index (χ3v) is 6.28. The molecule has 1 heterocycles. The number of benzene rings is 2. The summed E-state index contributed by atoms with van der Waals surface area (Å²) in [6.45, 7) is 8.73. The minimum atomic E-state index is -0.482. The summed E-state index contributed by atoms with van der Waals surface area (Å²) in [5.41, 5.74) is 2.04. The highest BCUT2D eigenvalue weighted by atomic mass is 32.2. The van der Waals surface area contributed by atoms with Crippen molar-refractivity contribution in [2.24, 2.45) is 0 Å². The van der Waals surface area contributed by atoms with Gasteiger partial charge in [0.15, 0.2) is 5.82 Å². The summed E-state index contributed by atoms with van der Waals surface area (Å²) in [7, 11) is 0. The van der Waals surface area contributed by atoms with E-state index in [-0.39, 0.29) is 24.3 Å². The summed E-state index contributed by atoms with van der Waals surface area (Å²) in [5, 5.41) is 17.2. The number of carbonyl (C=O) groups excluding carboxylic acids is 1. The van der Waals surface area contributed by atoms with E-state index in [2.05, 4.69) is 37.0 Å². The third kappa shape index (κ3) is 6.29. The molecule has 8 nitrogen and oxygen atoms in total. The monoisotopic (exact) mass is 478 g/mol. The molecule has 3 rings (SSSR count). The van der Waals surface area contributed by atoms with Gasteiger partial charge in [-0.25, -0.2) is 4.68 Å². The lowest BCUT2D eigenvalue weighted by molar-refractivity contribution is -0.117. The van der Waals surface area contributed by atoms with Gasteiger partial charge in [0, 0.05) is 12.2 Å². The molecule has 3 aromatic rings. The van der Waals surface area contributed by atoms with Gasteiger partial charge in [-0.3, -0.25) is 4.79 Å². The van der Waals surface area contributed by atoms with Crippen LogP contribution in [0.2, 0.25) is 0 Å². The van der Waals surface area contributed by atoms with Gasteiger partial charge in [0.25, 0.3) is 0 Å². The van der Waals surface area contributed by atoms with Crippen LogP contribution < -0.4 is 15.5 Å². The Labute approximate surface area is 204 Å². The number of carbonyl (C=O) groups is 1. The zero-order chi connectivity index (χ0) is 24.7.